The largest absolute Gasteiger partial charge is 0.369 e. The Morgan fingerprint density at radius 2 is 1.93 bits per heavy atom. The van der Waals surface area contributed by atoms with Crippen molar-refractivity contribution < 1.29 is 17.7 Å². The third-order valence-electron chi connectivity index (χ3n) is 4.80. The first-order valence-electron chi connectivity index (χ1n) is 9.06. The lowest BCUT2D eigenvalue weighted by Gasteiger charge is -2.33. The number of hydrogen-bond donors (Lipinski definition) is 0. The standard InChI is InChI=1S/C16H19N7O5S2/c1-11-15(12(2)28-17-11)30(26,27)21-7-5-20(6-8-21)13(24)10-22-16(25)23(19-18-22)14-4-3-9-29-14/h3-4,9H,5-8,10H2,1-2H3. The number of rotatable bonds is 5. The van der Waals surface area contributed by atoms with Gasteiger partial charge in [0.2, 0.25) is 15.9 Å². The summed E-state index contributed by atoms with van der Waals surface area (Å²) in [5, 5.41) is 13.7. The minimum atomic E-state index is -3.76. The highest BCUT2D eigenvalue weighted by Gasteiger charge is 2.34. The van der Waals surface area contributed by atoms with Crippen LogP contribution in [-0.2, 0) is 21.4 Å². The van der Waals surface area contributed by atoms with E-state index in [0.29, 0.717) is 10.7 Å². The molecule has 4 rings (SSSR count). The first-order valence-corrected chi connectivity index (χ1v) is 11.4. The molecule has 1 fully saturated rings. The number of aryl methyl sites for hydroxylation is 2. The van der Waals surface area contributed by atoms with Gasteiger partial charge in [-0.1, -0.05) is 5.16 Å². The van der Waals surface area contributed by atoms with Crippen LogP contribution < -0.4 is 5.69 Å². The van der Waals surface area contributed by atoms with E-state index in [0.717, 1.165) is 9.36 Å². The molecule has 0 aromatic carbocycles. The van der Waals surface area contributed by atoms with E-state index in [1.54, 1.807) is 26.0 Å². The molecule has 0 saturated carbocycles. The molecule has 14 heteroatoms. The summed E-state index contributed by atoms with van der Waals surface area (Å²) in [7, 11) is -3.76. The van der Waals surface area contributed by atoms with E-state index in [9.17, 15) is 18.0 Å². The van der Waals surface area contributed by atoms with Crippen molar-refractivity contribution in [3.63, 3.8) is 0 Å². The van der Waals surface area contributed by atoms with Gasteiger partial charge in [0.15, 0.2) is 5.76 Å². The number of carbonyl (C=O) groups is 1. The number of tetrazole rings is 1. The quantitative estimate of drug-likeness (QED) is 0.510. The zero-order valence-corrected chi connectivity index (χ0v) is 17.9. The molecule has 0 atom stereocenters. The lowest BCUT2D eigenvalue weighted by atomic mass is 10.3. The molecule has 0 spiro atoms. The smallest absolute Gasteiger partial charge is 0.360 e. The molecule has 160 valence electrons. The summed E-state index contributed by atoms with van der Waals surface area (Å²) < 4.78 is 34.2. The van der Waals surface area contributed by atoms with Crippen LogP contribution in [0.4, 0.5) is 0 Å². The van der Waals surface area contributed by atoms with Gasteiger partial charge in [0.05, 0.1) is 0 Å². The van der Waals surface area contributed by atoms with Crippen LogP contribution in [0.25, 0.3) is 5.00 Å². The average Bonchev–Trinajstić information content (AvgIpc) is 3.44. The van der Waals surface area contributed by atoms with Gasteiger partial charge in [0, 0.05) is 26.2 Å². The third kappa shape index (κ3) is 3.57. The number of aromatic nitrogens is 5. The summed E-state index contributed by atoms with van der Waals surface area (Å²) in [6, 6.07) is 3.51. The average molecular weight is 454 g/mol. The van der Waals surface area contributed by atoms with Gasteiger partial charge >= 0.3 is 5.69 Å². The fourth-order valence-corrected chi connectivity index (χ4v) is 5.66. The fourth-order valence-electron chi connectivity index (χ4n) is 3.28. The van der Waals surface area contributed by atoms with Gasteiger partial charge in [0.25, 0.3) is 0 Å². The second-order valence-corrected chi connectivity index (χ2v) is 9.52. The summed E-state index contributed by atoms with van der Waals surface area (Å²) in [5.41, 5.74) is -0.204. The molecular weight excluding hydrogens is 434 g/mol. The lowest BCUT2D eigenvalue weighted by molar-refractivity contribution is -0.133. The SMILES string of the molecule is Cc1noc(C)c1S(=O)(=O)N1CCN(C(=O)Cn2nnn(-c3cccs3)c2=O)CC1. The molecule has 12 nitrogen and oxygen atoms in total. The Balaban J connectivity index is 1.41. The second kappa shape index (κ2) is 7.77. The molecule has 1 aliphatic rings. The molecule has 0 aliphatic carbocycles. The van der Waals surface area contributed by atoms with E-state index in [-0.39, 0.29) is 49.3 Å². The molecule has 4 heterocycles. The van der Waals surface area contributed by atoms with Crippen LogP contribution in [0.2, 0.25) is 0 Å². The minimum absolute atomic E-state index is 0.0685. The maximum absolute atomic E-state index is 12.9. The first-order chi connectivity index (χ1) is 14.3. The first kappa shape index (κ1) is 20.4. The summed E-state index contributed by atoms with van der Waals surface area (Å²) >= 11 is 1.33. The minimum Gasteiger partial charge on any atom is -0.360 e. The van der Waals surface area contributed by atoms with Gasteiger partial charge in [0.1, 0.15) is 22.1 Å². The normalized spacial score (nSPS) is 15.6. The van der Waals surface area contributed by atoms with Crippen LogP contribution in [0.15, 0.2) is 31.7 Å². The summed E-state index contributed by atoms with van der Waals surface area (Å²) in [6.45, 7) is 3.53. The zero-order valence-electron chi connectivity index (χ0n) is 16.3. The molecule has 0 bridgehead atoms. The van der Waals surface area contributed by atoms with Gasteiger partial charge in [-0.15, -0.1) is 11.3 Å². The van der Waals surface area contributed by atoms with E-state index in [2.05, 4.69) is 15.6 Å². The number of amides is 1. The topological polar surface area (TPSA) is 136 Å². The van der Waals surface area contributed by atoms with Crippen molar-refractivity contribution in [3.05, 3.63) is 39.5 Å². The Bertz CT molecular complexity index is 1200. The summed E-state index contributed by atoms with van der Waals surface area (Å²) in [4.78, 5) is 26.6. The Hall–Kier alpha value is -2.84. The fraction of sp³-hybridized carbons (Fsp3) is 0.438. The molecule has 1 aliphatic heterocycles. The van der Waals surface area contributed by atoms with Gasteiger partial charge in [-0.2, -0.15) is 13.7 Å². The lowest BCUT2D eigenvalue weighted by Crippen LogP contribution is -2.51. The molecule has 0 N–H and O–H groups in total. The van der Waals surface area contributed by atoms with Gasteiger partial charge in [-0.3, -0.25) is 4.79 Å². The van der Waals surface area contributed by atoms with Crippen molar-refractivity contribution >= 4 is 27.3 Å². The number of nitrogens with zero attached hydrogens (tertiary/aromatic N) is 7. The van der Waals surface area contributed by atoms with E-state index >= 15 is 0 Å². The highest BCUT2D eigenvalue weighted by molar-refractivity contribution is 7.89. The van der Waals surface area contributed by atoms with E-state index in [4.69, 9.17) is 4.52 Å². The Labute approximate surface area is 175 Å². The molecule has 1 amide bonds. The van der Waals surface area contributed by atoms with Crippen LogP contribution in [0.5, 0.6) is 0 Å². The van der Waals surface area contributed by atoms with E-state index in [1.807, 2.05) is 5.38 Å². The van der Waals surface area contributed by atoms with Crippen molar-refractivity contribution in [1.29, 1.82) is 0 Å². The van der Waals surface area contributed by atoms with Crippen LogP contribution in [-0.4, -0.2) is 74.7 Å². The summed E-state index contributed by atoms with van der Waals surface area (Å²) in [5.74, 6) is -0.0936. The van der Waals surface area contributed by atoms with Gasteiger partial charge in [-0.25, -0.2) is 13.2 Å². The highest BCUT2D eigenvalue weighted by atomic mass is 32.2. The van der Waals surface area contributed by atoms with Crippen molar-refractivity contribution in [2.75, 3.05) is 26.2 Å². The summed E-state index contributed by atoms with van der Waals surface area (Å²) in [6.07, 6.45) is 0. The van der Waals surface area contributed by atoms with Crippen molar-refractivity contribution in [2.24, 2.45) is 0 Å². The Kier molecular flexibility index (Phi) is 5.29. The van der Waals surface area contributed by atoms with Crippen molar-refractivity contribution in [2.45, 2.75) is 25.3 Å². The van der Waals surface area contributed by atoms with Crippen LogP contribution in [0.1, 0.15) is 11.5 Å². The monoisotopic (exact) mass is 453 g/mol. The van der Waals surface area contributed by atoms with Crippen LogP contribution >= 0.6 is 11.3 Å². The predicted molar refractivity (Wildman–Crippen MR) is 105 cm³/mol. The molecule has 0 radical (unpaired) electrons. The number of thiophene rings is 1. The molecule has 3 aromatic heterocycles. The highest BCUT2D eigenvalue weighted by Crippen LogP contribution is 2.24. The van der Waals surface area contributed by atoms with Gasteiger partial charge < -0.3 is 9.42 Å². The second-order valence-electron chi connectivity index (χ2n) is 6.72. The molecule has 1 saturated heterocycles. The van der Waals surface area contributed by atoms with Crippen molar-refractivity contribution in [1.82, 2.24) is 34.2 Å². The van der Waals surface area contributed by atoms with E-state index in [1.165, 1.54) is 20.5 Å². The third-order valence-corrected chi connectivity index (χ3v) is 7.78. The molecular formula is C16H19N7O5S2. The number of sulfonamides is 1. The van der Waals surface area contributed by atoms with E-state index < -0.39 is 15.7 Å². The maximum atomic E-state index is 12.9. The maximum Gasteiger partial charge on any atom is 0.369 e. The number of carbonyl (C=O) groups excluding carboxylic acids is 1. The molecule has 30 heavy (non-hydrogen) atoms. The Morgan fingerprint density at radius 1 is 1.20 bits per heavy atom. The van der Waals surface area contributed by atoms with Crippen LogP contribution in [0.3, 0.4) is 0 Å². The Morgan fingerprint density at radius 3 is 2.53 bits per heavy atom. The molecule has 3 aromatic rings. The number of hydrogen-bond acceptors (Lipinski definition) is 9. The van der Waals surface area contributed by atoms with Crippen LogP contribution in [0, 0.1) is 13.8 Å². The van der Waals surface area contributed by atoms with Crippen molar-refractivity contribution in [3.8, 4) is 5.00 Å². The van der Waals surface area contributed by atoms with Gasteiger partial charge in [-0.05, 0) is 41.8 Å². The number of piperazine rings is 1. The zero-order chi connectivity index (χ0) is 21.5. The predicted octanol–water partition coefficient (Wildman–Crippen LogP) is -0.372. The molecule has 0 unspecified atom stereocenters.